The Labute approximate surface area is 137 Å². The molecule has 0 atom stereocenters. The second-order valence-electron chi connectivity index (χ2n) is 6.49. The van der Waals surface area contributed by atoms with Crippen molar-refractivity contribution >= 4 is 0 Å². The molecule has 0 nitrogen and oxygen atoms in total. The normalized spacial score (nSPS) is 31.4. The van der Waals surface area contributed by atoms with Crippen molar-refractivity contribution in [1.82, 2.24) is 0 Å². The molecule has 0 heteroatoms. The van der Waals surface area contributed by atoms with Crippen molar-refractivity contribution in [2.75, 3.05) is 0 Å². The highest BCUT2D eigenvalue weighted by Gasteiger charge is 2.24. The molecule has 2 rings (SSSR count). The molecule has 2 saturated carbocycles. The van der Waals surface area contributed by atoms with Crippen molar-refractivity contribution in [3.63, 3.8) is 0 Å². The van der Waals surface area contributed by atoms with Gasteiger partial charge in [-0.25, -0.2) is 0 Å². The van der Waals surface area contributed by atoms with E-state index in [2.05, 4.69) is 13.8 Å². The van der Waals surface area contributed by atoms with Crippen LogP contribution in [0.2, 0.25) is 0 Å². The lowest BCUT2D eigenvalue weighted by Crippen LogP contribution is -2.19. The summed E-state index contributed by atoms with van der Waals surface area (Å²) in [6, 6.07) is 0. The van der Waals surface area contributed by atoms with Crippen LogP contribution in [0.25, 0.3) is 0 Å². The van der Waals surface area contributed by atoms with Gasteiger partial charge in [0, 0.05) is 0 Å². The molecule has 2 aliphatic carbocycles. The molecule has 0 heterocycles. The zero-order chi connectivity index (χ0) is 16.7. The second kappa shape index (κ2) is 16.4. The maximum absolute atomic E-state index is 2.43. The van der Waals surface area contributed by atoms with Gasteiger partial charge in [-0.1, -0.05) is 107 Å². The van der Waals surface area contributed by atoms with Gasteiger partial charge in [0.2, 0.25) is 0 Å². The van der Waals surface area contributed by atoms with Crippen molar-refractivity contribution in [2.45, 2.75) is 113 Å². The van der Waals surface area contributed by atoms with E-state index in [-0.39, 0.29) is 0 Å². The summed E-state index contributed by atoms with van der Waals surface area (Å²) in [6.07, 6.45) is 13.7. The van der Waals surface area contributed by atoms with E-state index in [0.717, 1.165) is 23.7 Å². The Morgan fingerprint density at radius 1 is 0.476 bits per heavy atom. The summed E-state index contributed by atoms with van der Waals surface area (Å²) in [5, 5.41) is 0. The standard InChI is InChI=1S/C15H28.3C2H6/c1-12-3-7-14(8-4-12)11-15-9-5-13(2)6-10-15;3*1-2/h12-15H,3-11H2,1-2H3;3*1-2H3. The van der Waals surface area contributed by atoms with Crippen LogP contribution in [0.5, 0.6) is 0 Å². The van der Waals surface area contributed by atoms with Gasteiger partial charge in [0.25, 0.3) is 0 Å². The largest absolute Gasteiger partial charge is 0.0683 e. The zero-order valence-corrected chi connectivity index (χ0v) is 16.7. The molecule has 0 radical (unpaired) electrons. The molecule has 130 valence electrons. The predicted octanol–water partition coefficient (Wildman–Crippen LogP) is 8.11. The molecule has 0 aromatic rings. The molecule has 0 saturated heterocycles. The van der Waals surface area contributed by atoms with Crippen LogP contribution in [-0.4, -0.2) is 0 Å². The molecule has 0 aliphatic heterocycles. The highest BCUT2D eigenvalue weighted by Crippen LogP contribution is 2.37. The quantitative estimate of drug-likeness (QED) is 0.483. The molecule has 2 aliphatic rings. The Bertz CT molecular complexity index is 148. The van der Waals surface area contributed by atoms with E-state index in [9.17, 15) is 0 Å². The minimum atomic E-state index is 1.02. The highest BCUT2D eigenvalue weighted by atomic mass is 14.3. The summed E-state index contributed by atoms with van der Waals surface area (Å²) in [5.74, 6) is 4.24. The molecule has 2 fully saturated rings. The van der Waals surface area contributed by atoms with Gasteiger partial charge in [-0.2, -0.15) is 0 Å². The van der Waals surface area contributed by atoms with Gasteiger partial charge >= 0.3 is 0 Å². The van der Waals surface area contributed by atoms with E-state index in [1.807, 2.05) is 41.5 Å². The van der Waals surface area contributed by atoms with Gasteiger partial charge in [0.15, 0.2) is 0 Å². The smallest absolute Gasteiger partial charge is 0.0411 e. The van der Waals surface area contributed by atoms with Gasteiger partial charge in [-0.15, -0.1) is 0 Å². The van der Waals surface area contributed by atoms with Crippen LogP contribution in [0.1, 0.15) is 113 Å². The van der Waals surface area contributed by atoms with E-state index < -0.39 is 0 Å². The Hall–Kier alpha value is 0. The first kappa shape index (κ1) is 23.3. The summed E-state index contributed by atoms with van der Waals surface area (Å²) >= 11 is 0. The highest BCUT2D eigenvalue weighted by molar-refractivity contribution is 4.76. The monoisotopic (exact) mass is 298 g/mol. The van der Waals surface area contributed by atoms with Crippen molar-refractivity contribution in [3.8, 4) is 0 Å². The lowest BCUT2D eigenvalue weighted by molar-refractivity contribution is 0.201. The van der Waals surface area contributed by atoms with Gasteiger partial charge in [0.05, 0.1) is 0 Å². The fourth-order valence-electron chi connectivity index (χ4n) is 3.60. The Morgan fingerprint density at radius 2 is 0.714 bits per heavy atom. The fourth-order valence-corrected chi connectivity index (χ4v) is 3.60. The number of rotatable bonds is 2. The summed E-state index contributed by atoms with van der Waals surface area (Å²) in [5.41, 5.74) is 0. The van der Waals surface area contributed by atoms with Crippen LogP contribution in [0, 0.1) is 23.7 Å². The number of hydrogen-bond donors (Lipinski definition) is 0. The summed E-state index contributed by atoms with van der Waals surface area (Å²) in [6.45, 7) is 16.9. The van der Waals surface area contributed by atoms with Crippen molar-refractivity contribution < 1.29 is 0 Å². The molecule has 0 aromatic heterocycles. The third kappa shape index (κ3) is 11.2. The molecule has 0 aromatic carbocycles. The van der Waals surface area contributed by atoms with E-state index in [0.29, 0.717) is 0 Å². The minimum Gasteiger partial charge on any atom is -0.0683 e. The molecule has 0 N–H and O–H groups in total. The fraction of sp³-hybridized carbons (Fsp3) is 1.00. The zero-order valence-electron chi connectivity index (χ0n) is 16.7. The maximum Gasteiger partial charge on any atom is -0.0411 e. The molecular weight excluding hydrogens is 252 g/mol. The molecule has 0 spiro atoms. The van der Waals surface area contributed by atoms with Crippen LogP contribution in [0.3, 0.4) is 0 Å². The van der Waals surface area contributed by atoms with Crippen LogP contribution in [0.4, 0.5) is 0 Å². The third-order valence-electron chi connectivity index (χ3n) is 4.94. The first-order valence-corrected chi connectivity index (χ1v) is 10.2. The minimum absolute atomic E-state index is 1.02. The molecular formula is C21H46. The summed E-state index contributed by atoms with van der Waals surface area (Å²) in [7, 11) is 0. The van der Waals surface area contributed by atoms with Crippen LogP contribution < -0.4 is 0 Å². The molecule has 21 heavy (non-hydrogen) atoms. The van der Waals surface area contributed by atoms with Crippen molar-refractivity contribution in [1.29, 1.82) is 0 Å². The Morgan fingerprint density at radius 3 is 0.952 bits per heavy atom. The van der Waals surface area contributed by atoms with Gasteiger partial charge in [-0.05, 0) is 30.1 Å². The van der Waals surface area contributed by atoms with Crippen LogP contribution in [-0.2, 0) is 0 Å². The van der Waals surface area contributed by atoms with E-state index >= 15 is 0 Å². The average molecular weight is 299 g/mol. The maximum atomic E-state index is 2.43. The topological polar surface area (TPSA) is 0 Å². The first-order chi connectivity index (χ1) is 10.2. The van der Waals surface area contributed by atoms with Crippen LogP contribution >= 0.6 is 0 Å². The predicted molar refractivity (Wildman–Crippen MR) is 101 cm³/mol. The lowest BCUT2D eigenvalue weighted by Gasteiger charge is -2.32. The molecule has 0 amide bonds. The summed E-state index contributed by atoms with van der Waals surface area (Å²) in [4.78, 5) is 0. The van der Waals surface area contributed by atoms with Crippen molar-refractivity contribution in [3.05, 3.63) is 0 Å². The van der Waals surface area contributed by atoms with E-state index in [1.165, 1.54) is 51.4 Å². The van der Waals surface area contributed by atoms with Gasteiger partial charge < -0.3 is 0 Å². The van der Waals surface area contributed by atoms with E-state index in [4.69, 9.17) is 0 Å². The Balaban J connectivity index is 0. The second-order valence-corrected chi connectivity index (χ2v) is 6.49. The number of hydrogen-bond acceptors (Lipinski definition) is 0. The average Bonchev–Trinajstić information content (AvgIpc) is 2.57. The molecule has 0 bridgehead atoms. The summed E-state index contributed by atoms with van der Waals surface area (Å²) < 4.78 is 0. The Kier molecular flexibility index (Phi) is 18.1. The van der Waals surface area contributed by atoms with Crippen molar-refractivity contribution in [2.24, 2.45) is 23.7 Å². The van der Waals surface area contributed by atoms with E-state index in [1.54, 1.807) is 6.42 Å². The molecule has 0 unspecified atom stereocenters. The van der Waals surface area contributed by atoms with Gasteiger partial charge in [-0.3, -0.25) is 0 Å². The third-order valence-corrected chi connectivity index (χ3v) is 4.94. The SMILES string of the molecule is CC.CC.CC.CC1CCC(CC2CCC(C)CC2)CC1. The first-order valence-electron chi connectivity index (χ1n) is 10.2. The van der Waals surface area contributed by atoms with Gasteiger partial charge in [0.1, 0.15) is 0 Å². The lowest BCUT2D eigenvalue weighted by atomic mass is 9.74. The van der Waals surface area contributed by atoms with Crippen LogP contribution in [0.15, 0.2) is 0 Å².